The number of hydrogen-bond donors (Lipinski definition) is 1. The molecule has 0 aliphatic heterocycles. The molecule has 3 rings (SSSR count). The molecule has 1 N–H and O–H groups in total. The smallest absolute Gasteiger partial charge is 0.294 e. The molecule has 0 bridgehead atoms. The number of nitrogens with zero attached hydrogens (tertiary/aromatic N) is 3. The summed E-state index contributed by atoms with van der Waals surface area (Å²) in [6, 6.07) is 10.2. The van der Waals surface area contributed by atoms with Crippen molar-refractivity contribution in [1.29, 1.82) is 0 Å². The second-order valence-corrected chi connectivity index (χ2v) is 8.16. The molecule has 3 aromatic rings. The van der Waals surface area contributed by atoms with Crippen LogP contribution in [0, 0.1) is 10.1 Å². The lowest BCUT2D eigenvalue weighted by Gasteiger charge is -2.06. The van der Waals surface area contributed by atoms with E-state index in [1.54, 1.807) is 54.9 Å². The number of nitrogens with one attached hydrogen (secondary N) is 1. The molecule has 150 valence electrons. The average Bonchev–Trinajstić information content (AvgIpc) is 3.11. The molecule has 29 heavy (non-hydrogen) atoms. The van der Waals surface area contributed by atoms with E-state index < -0.39 is 14.9 Å². The van der Waals surface area contributed by atoms with Gasteiger partial charge in [-0.05, 0) is 42.3 Å². The molecule has 1 aromatic carbocycles. The molecular weight excluding hydrogens is 396 g/mol. The van der Waals surface area contributed by atoms with Crippen LogP contribution in [0.25, 0.3) is 28.5 Å². The Bertz CT molecular complexity index is 1120. The van der Waals surface area contributed by atoms with Crippen molar-refractivity contribution in [3.05, 3.63) is 70.7 Å². The Kier molecular flexibility index (Phi) is 6.03. The van der Waals surface area contributed by atoms with Gasteiger partial charge in [0.2, 0.25) is 0 Å². The van der Waals surface area contributed by atoms with Gasteiger partial charge in [0, 0.05) is 29.8 Å². The monoisotopic (exact) mass is 414 g/mol. The molecule has 0 amide bonds. The number of aromatic nitrogens is 3. The van der Waals surface area contributed by atoms with E-state index in [1.807, 2.05) is 6.07 Å². The van der Waals surface area contributed by atoms with Crippen LogP contribution in [0.2, 0.25) is 0 Å². The maximum atomic E-state index is 11.7. The number of pyridine rings is 1. The molecule has 0 spiro atoms. The van der Waals surface area contributed by atoms with Crippen LogP contribution in [0.4, 0.5) is 0 Å². The number of sulfone groups is 1. The Morgan fingerprint density at radius 3 is 2.59 bits per heavy atom. The Morgan fingerprint density at radius 1 is 1.21 bits per heavy atom. The van der Waals surface area contributed by atoms with Crippen LogP contribution < -0.4 is 0 Å². The van der Waals surface area contributed by atoms with Crippen molar-refractivity contribution in [2.75, 3.05) is 12.9 Å². The molecule has 0 saturated carbocycles. The number of hydrogen-bond acceptors (Lipinski definition) is 7. The van der Waals surface area contributed by atoms with Gasteiger partial charge >= 0.3 is 0 Å². The molecule has 10 heteroatoms. The van der Waals surface area contributed by atoms with Gasteiger partial charge in [0.25, 0.3) is 5.09 Å². The normalized spacial score (nSPS) is 11.6. The van der Waals surface area contributed by atoms with Crippen molar-refractivity contribution in [3.8, 4) is 22.4 Å². The summed E-state index contributed by atoms with van der Waals surface area (Å²) in [5.41, 5.74) is 3.69. The number of benzene rings is 1. The SMILES string of the molecule is CS(=O)(=O)c1ccc(-c2c(/C=C\CCO[N+](=O)[O-])n[nH]c2-c2cccnc2)cc1. The quantitative estimate of drug-likeness (QED) is 0.340. The standard InChI is InChI=1S/C19H18N4O5S/c1-29(26,27)16-9-7-14(8-10-16)18-17(6-2-3-12-28-23(24)25)21-22-19(18)15-5-4-11-20-13-15/h2,4-11,13H,3,12H2,1H3,(H,21,22)/b6-2-. The predicted octanol–water partition coefficient (Wildman–Crippen LogP) is 3.15. The Balaban J connectivity index is 1.99. The highest BCUT2D eigenvalue weighted by Gasteiger charge is 2.16. The molecule has 0 aliphatic carbocycles. The van der Waals surface area contributed by atoms with Gasteiger partial charge < -0.3 is 4.84 Å². The minimum absolute atomic E-state index is 0.0538. The first kappa shape index (κ1) is 20.2. The Morgan fingerprint density at radius 2 is 1.97 bits per heavy atom. The van der Waals surface area contributed by atoms with E-state index >= 15 is 0 Å². The zero-order chi connectivity index (χ0) is 20.9. The second-order valence-electron chi connectivity index (χ2n) is 6.14. The van der Waals surface area contributed by atoms with Gasteiger partial charge in [0.15, 0.2) is 9.84 Å². The summed E-state index contributed by atoms with van der Waals surface area (Å²) in [5, 5.41) is 16.7. The van der Waals surface area contributed by atoms with E-state index in [2.05, 4.69) is 20.0 Å². The first-order valence-electron chi connectivity index (χ1n) is 8.59. The molecule has 2 heterocycles. The summed E-state index contributed by atoms with van der Waals surface area (Å²) in [6.07, 6.45) is 8.31. The van der Waals surface area contributed by atoms with Crippen LogP contribution in [0.1, 0.15) is 12.1 Å². The van der Waals surface area contributed by atoms with E-state index in [1.165, 1.54) is 0 Å². The summed E-state index contributed by atoms with van der Waals surface area (Å²) in [7, 11) is -3.30. The fourth-order valence-corrected chi connectivity index (χ4v) is 3.38. The number of rotatable bonds is 8. The summed E-state index contributed by atoms with van der Waals surface area (Å²) in [6.45, 7) is -0.0538. The van der Waals surface area contributed by atoms with Crippen molar-refractivity contribution in [2.24, 2.45) is 0 Å². The lowest BCUT2D eigenvalue weighted by atomic mass is 9.99. The third kappa shape index (κ3) is 5.05. The van der Waals surface area contributed by atoms with E-state index in [9.17, 15) is 18.5 Å². The third-order valence-electron chi connectivity index (χ3n) is 4.07. The van der Waals surface area contributed by atoms with Crippen LogP contribution in [0.3, 0.4) is 0 Å². The average molecular weight is 414 g/mol. The van der Waals surface area contributed by atoms with Crippen molar-refractivity contribution >= 4 is 15.9 Å². The molecular formula is C19H18N4O5S. The third-order valence-corrected chi connectivity index (χ3v) is 5.20. The van der Waals surface area contributed by atoms with E-state index in [-0.39, 0.29) is 11.5 Å². The summed E-state index contributed by atoms with van der Waals surface area (Å²) >= 11 is 0. The van der Waals surface area contributed by atoms with Gasteiger partial charge in [-0.2, -0.15) is 5.10 Å². The zero-order valence-corrected chi connectivity index (χ0v) is 16.3. The minimum Gasteiger partial charge on any atom is -0.314 e. The van der Waals surface area contributed by atoms with Crippen molar-refractivity contribution in [3.63, 3.8) is 0 Å². The van der Waals surface area contributed by atoms with Crippen LogP contribution >= 0.6 is 0 Å². The fraction of sp³-hybridized carbons (Fsp3) is 0.158. The molecule has 0 fully saturated rings. The molecule has 0 radical (unpaired) electrons. The van der Waals surface area contributed by atoms with Gasteiger partial charge in [-0.3, -0.25) is 10.1 Å². The van der Waals surface area contributed by atoms with Gasteiger partial charge in [-0.15, -0.1) is 10.1 Å². The fourth-order valence-electron chi connectivity index (χ4n) is 2.75. The van der Waals surface area contributed by atoms with E-state index in [0.29, 0.717) is 12.1 Å². The predicted molar refractivity (Wildman–Crippen MR) is 107 cm³/mol. The zero-order valence-electron chi connectivity index (χ0n) is 15.5. The topological polar surface area (TPSA) is 128 Å². The number of aromatic amines is 1. The Hall–Kier alpha value is -3.53. The summed E-state index contributed by atoms with van der Waals surface area (Å²) < 4.78 is 23.5. The Labute approximate surface area is 167 Å². The lowest BCUT2D eigenvalue weighted by Crippen LogP contribution is -2.00. The van der Waals surface area contributed by atoms with Crippen molar-refractivity contribution in [1.82, 2.24) is 15.2 Å². The minimum atomic E-state index is -3.30. The van der Waals surface area contributed by atoms with Crippen LogP contribution in [0.15, 0.2) is 59.8 Å². The van der Waals surface area contributed by atoms with E-state index in [0.717, 1.165) is 28.6 Å². The van der Waals surface area contributed by atoms with Crippen LogP contribution in [-0.2, 0) is 14.7 Å². The molecule has 0 aliphatic rings. The van der Waals surface area contributed by atoms with Gasteiger partial charge in [-0.1, -0.05) is 18.2 Å². The van der Waals surface area contributed by atoms with Gasteiger partial charge in [0.1, 0.15) is 0 Å². The maximum absolute atomic E-state index is 11.7. The maximum Gasteiger partial charge on any atom is 0.294 e. The highest BCUT2D eigenvalue weighted by Crippen LogP contribution is 2.34. The molecule has 0 saturated heterocycles. The van der Waals surface area contributed by atoms with E-state index in [4.69, 9.17) is 0 Å². The second kappa shape index (κ2) is 8.65. The largest absolute Gasteiger partial charge is 0.314 e. The molecule has 0 unspecified atom stereocenters. The highest BCUT2D eigenvalue weighted by molar-refractivity contribution is 7.90. The first-order valence-corrected chi connectivity index (χ1v) is 10.5. The van der Waals surface area contributed by atoms with Crippen molar-refractivity contribution in [2.45, 2.75) is 11.3 Å². The summed E-state index contributed by atoms with van der Waals surface area (Å²) in [4.78, 5) is 18.9. The van der Waals surface area contributed by atoms with Gasteiger partial charge in [0.05, 0.1) is 22.9 Å². The molecule has 2 aromatic heterocycles. The first-order chi connectivity index (χ1) is 13.9. The van der Waals surface area contributed by atoms with Crippen molar-refractivity contribution < 1.29 is 18.3 Å². The molecule has 9 nitrogen and oxygen atoms in total. The summed E-state index contributed by atoms with van der Waals surface area (Å²) in [5.74, 6) is 0. The van der Waals surface area contributed by atoms with Crippen LogP contribution in [0.5, 0.6) is 0 Å². The van der Waals surface area contributed by atoms with Crippen LogP contribution in [-0.4, -0.2) is 41.5 Å². The highest BCUT2D eigenvalue weighted by atomic mass is 32.2. The van der Waals surface area contributed by atoms with Gasteiger partial charge in [-0.25, -0.2) is 8.42 Å². The number of H-pyrrole nitrogens is 1. The molecule has 0 atom stereocenters. The lowest BCUT2D eigenvalue weighted by molar-refractivity contribution is -0.757.